The van der Waals surface area contributed by atoms with Gasteiger partial charge < -0.3 is 5.11 Å². The van der Waals surface area contributed by atoms with Crippen molar-refractivity contribution in [1.82, 2.24) is 0 Å². The zero-order valence-electron chi connectivity index (χ0n) is 10.2. The molecular weight excluding hydrogens is 184 g/mol. The average Bonchev–Trinajstić information content (AvgIpc) is 2.19. The van der Waals surface area contributed by atoms with Crippen molar-refractivity contribution >= 4 is 0 Å². The van der Waals surface area contributed by atoms with Crippen LogP contribution in [0.4, 0.5) is 0 Å². The van der Waals surface area contributed by atoms with E-state index in [9.17, 15) is 5.11 Å². The summed E-state index contributed by atoms with van der Waals surface area (Å²) in [5.74, 6) is 0. The van der Waals surface area contributed by atoms with E-state index in [4.69, 9.17) is 0 Å². The van der Waals surface area contributed by atoms with E-state index in [0.29, 0.717) is 0 Å². The van der Waals surface area contributed by atoms with Gasteiger partial charge in [0.25, 0.3) is 0 Å². The molecule has 0 spiro atoms. The van der Waals surface area contributed by atoms with Crippen molar-refractivity contribution in [2.45, 2.75) is 46.1 Å². The fraction of sp³-hybridized carbons (Fsp3) is 0.571. The first kappa shape index (κ1) is 12.3. The quantitative estimate of drug-likeness (QED) is 0.796. The highest BCUT2D eigenvalue weighted by atomic mass is 16.3. The maximum absolute atomic E-state index is 10.6. The Morgan fingerprint density at radius 2 is 1.60 bits per heavy atom. The second-order valence-corrected chi connectivity index (χ2v) is 5.07. The lowest BCUT2D eigenvalue weighted by molar-refractivity contribution is -0.0621. The maximum atomic E-state index is 10.6. The Labute approximate surface area is 93.1 Å². The van der Waals surface area contributed by atoms with Gasteiger partial charge in [0, 0.05) is 0 Å². The number of hydrogen-bond acceptors (Lipinski definition) is 1. The number of hydrogen-bond donors (Lipinski definition) is 1. The molecule has 84 valence electrons. The molecule has 0 aliphatic rings. The predicted octanol–water partition coefficient (Wildman–Crippen LogP) is 3.72. The minimum absolute atomic E-state index is 0.0941. The highest BCUT2D eigenvalue weighted by Crippen LogP contribution is 2.42. The van der Waals surface area contributed by atoms with Gasteiger partial charge in [0.05, 0.1) is 5.60 Å². The van der Waals surface area contributed by atoms with Crippen LogP contribution in [0.3, 0.4) is 0 Å². The predicted molar refractivity (Wildman–Crippen MR) is 64.7 cm³/mol. The minimum atomic E-state index is -0.760. The Morgan fingerprint density at radius 1 is 1.07 bits per heavy atom. The molecule has 0 saturated heterocycles. The van der Waals surface area contributed by atoms with Gasteiger partial charge in [-0.15, -0.1) is 0 Å². The van der Waals surface area contributed by atoms with Gasteiger partial charge in [0.1, 0.15) is 0 Å². The molecule has 1 rings (SSSR count). The van der Waals surface area contributed by atoms with Crippen LogP contribution in [0.2, 0.25) is 0 Å². The first-order valence-electron chi connectivity index (χ1n) is 5.69. The molecule has 1 aromatic carbocycles. The van der Waals surface area contributed by atoms with E-state index in [1.807, 2.05) is 37.3 Å². The molecule has 0 aromatic heterocycles. The van der Waals surface area contributed by atoms with Crippen molar-refractivity contribution in [2.24, 2.45) is 5.41 Å². The Bertz CT molecular complexity index is 298. The second-order valence-electron chi connectivity index (χ2n) is 5.07. The van der Waals surface area contributed by atoms with Crippen LogP contribution in [0.5, 0.6) is 0 Å². The molecule has 1 unspecified atom stereocenters. The summed E-state index contributed by atoms with van der Waals surface area (Å²) in [7, 11) is 0. The first-order valence-corrected chi connectivity index (χ1v) is 5.69. The molecule has 0 saturated carbocycles. The Hall–Kier alpha value is -0.820. The lowest BCUT2D eigenvalue weighted by atomic mass is 9.69. The van der Waals surface area contributed by atoms with Crippen molar-refractivity contribution in [1.29, 1.82) is 0 Å². The van der Waals surface area contributed by atoms with Crippen LogP contribution in [0.25, 0.3) is 0 Å². The van der Waals surface area contributed by atoms with Gasteiger partial charge in [-0.25, -0.2) is 0 Å². The van der Waals surface area contributed by atoms with E-state index in [-0.39, 0.29) is 5.41 Å². The van der Waals surface area contributed by atoms with E-state index in [0.717, 1.165) is 18.4 Å². The minimum Gasteiger partial charge on any atom is -0.385 e. The summed E-state index contributed by atoms with van der Waals surface area (Å²) in [6.07, 6.45) is 2.12. The molecule has 1 N–H and O–H groups in total. The van der Waals surface area contributed by atoms with Gasteiger partial charge >= 0.3 is 0 Å². The van der Waals surface area contributed by atoms with Gasteiger partial charge in [-0.2, -0.15) is 0 Å². The summed E-state index contributed by atoms with van der Waals surface area (Å²) in [5.41, 5.74) is 0.149. The van der Waals surface area contributed by atoms with Crippen LogP contribution < -0.4 is 0 Å². The van der Waals surface area contributed by atoms with Gasteiger partial charge in [-0.1, -0.05) is 57.5 Å². The third-order valence-corrected chi connectivity index (χ3v) is 3.53. The fourth-order valence-electron chi connectivity index (χ4n) is 2.02. The van der Waals surface area contributed by atoms with E-state index in [1.165, 1.54) is 0 Å². The fourth-order valence-corrected chi connectivity index (χ4v) is 2.02. The van der Waals surface area contributed by atoms with Crippen LogP contribution in [-0.4, -0.2) is 5.11 Å². The second kappa shape index (κ2) is 4.36. The van der Waals surface area contributed by atoms with E-state index in [1.54, 1.807) is 0 Å². The monoisotopic (exact) mass is 206 g/mol. The normalized spacial score (nSPS) is 16.1. The van der Waals surface area contributed by atoms with Gasteiger partial charge in [0.2, 0.25) is 0 Å². The molecular formula is C14H22O. The molecule has 1 nitrogen and oxygen atoms in total. The molecule has 1 aromatic rings. The van der Waals surface area contributed by atoms with Crippen molar-refractivity contribution in [3.63, 3.8) is 0 Å². The zero-order chi connectivity index (χ0) is 11.5. The number of aliphatic hydroxyl groups is 1. The molecule has 0 amide bonds. The molecule has 15 heavy (non-hydrogen) atoms. The van der Waals surface area contributed by atoms with Gasteiger partial charge in [-0.05, 0) is 24.3 Å². The SMILES string of the molecule is CCCC(C)(C)C(C)(O)c1ccccc1. The van der Waals surface area contributed by atoms with Crippen molar-refractivity contribution in [2.75, 3.05) is 0 Å². The van der Waals surface area contributed by atoms with E-state index >= 15 is 0 Å². The average molecular weight is 206 g/mol. The Morgan fingerprint density at radius 3 is 2.07 bits per heavy atom. The molecule has 0 bridgehead atoms. The molecule has 0 radical (unpaired) electrons. The Kier molecular flexibility index (Phi) is 3.56. The smallest absolute Gasteiger partial charge is 0.0919 e. The third kappa shape index (κ3) is 2.40. The number of rotatable bonds is 4. The summed E-state index contributed by atoms with van der Waals surface area (Å²) in [5, 5.41) is 10.6. The lowest BCUT2D eigenvalue weighted by Gasteiger charge is -2.40. The van der Waals surface area contributed by atoms with Crippen LogP contribution in [-0.2, 0) is 5.60 Å². The summed E-state index contributed by atoms with van der Waals surface area (Å²) in [6.45, 7) is 8.33. The van der Waals surface area contributed by atoms with E-state index in [2.05, 4.69) is 20.8 Å². The van der Waals surface area contributed by atoms with Crippen LogP contribution in [0.1, 0.15) is 46.1 Å². The molecule has 0 aliphatic carbocycles. The highest BCUT2D eigenvalue weighted by Gasteiger charge is 2.39. The van der Waals surface area contributed by atoms with E-state index < -0.39 is 5.60 Å². The largest absolute Gasteiger partial charge is 0.385 e. The van der Waals surface area contributed by atoms with Crippen LogP contribution in [0, 0.1) is 5.41 Å². The zero-order valence-corrected chi connectivity index (χ0v) is 10.2. The summed E-state index contributed by atoms with van der Waals surface area (Å²) in [6, 6.07) is 9.93. The van der Waals surface area contributed by atoms with Gasteiger partial charge in [-0.3, -0.25) is 0 Å². The summed E-state index contributed by atoms with van der Waals surface area (Å²) < 4.78 is 0. The lowest BCUT2D eigenvalue weighted by Crippen LogP contribution is -2.39. The summed E-state index contributed by atoms with van der Waals surface area (Å²) >= 11 is 0. The Balaban J connectivity index is 3.01. The molecule has 0 heterocycles. The highest BCUT2D eigenvalue weighted by molar-refractivity contribution is 5.23. The molecule has 1 heteroatoms. The standard InChI is InChI=1S/C14H22O/c1-5-11-13(2,3)14(4,15)12-9-7-6-8-10-12/h6-10,15H,5,11H2,1-4H3. The molecule has 0 aliphatic heterocycles. The van der Waals surface area contributed by atoms with Crippen LogP contribution in [0.15, 0.2) is 30.3 Å². The van der Waals surface area contributed by atoms with Gasteiger partial charge in [0.15, 0.2) is 0 Å². The van der Waals surface area contributed by atoms with Crippen molar-refractivity contribution < 1.29 is 5.11 Å². The maximum Gasteiger partial charge on any atom is 0.0919 e. The first-order chi connectivity index (χ1) is 6.92. The van der Waals surface area contributed by atoms with Crippen molar-refractivity contribution in [3.8, 4) is 0 Å². The van der Waals surface area contributed by atoms with Crippen LogP contribution >= 0.6 is 0 Å². The number of benzene rings is 1. The van der Waals surface area contributed by atoms with Crippen molar-refractivity contribution in [3.05, 3.63) is 35.9 Å². The summed E-state index contributed by atoms with van der Waals surface area (Å²) in [4.78, 5) is 0. The molecule has 1 atom stereocenters. The topological polar surface area (TPSA) is 20.2 Å². The third-order valence-electron chi connectivity index (χ3n) is 3.53. The molecule has 0 fully saturated rings.